The molecule has 0 aromatic heterocycles. The van der Waals surface area contributed by atoms with Gasteiger partial charge in [-0.05, 0) is 17.5 Å². The van der Waals surface area contributed by atoms with E-state index in [4.69, 9.17) is 0 Å². The predicted molar refractivity (Wildman–Crippen MR) is 76.1 cm³/mol. The molecule has 1 aromatic carbocycles. The molecule has 1 amide bonds. The Morgan fingerprint density at radius 3 is 2.74 bits per heavy atom. The molecule has 104 valence electrons. The van der Waals surface area contributed by atoms with Gasteiger partial charge in [0.2, 0.25) is 5.91 Å². The van der Waals surface area contributed by atoms with Gasteiger partial charge in [-0.1, -0.05) is 32.0 Å². The summed E-state index contributed by atoms with van der Waals surface area (Å²) in [6.07, 6.45) is 0.441. The molecule has 1 aromatic rings. The van der Waals surface area contributed by atoms with Crippen molar-refractivity contribution in [2.75, 3.05) is 18.6 Å². The van der Waals surface area contributed by atoms with E-state index >= 15 is 0 Å². The molecule has 2 rings (SSSR count). The number of nitrogens with zero attached hydrogens (tertiary/aromatic N) is 1. The van der Waals surface area contributed by atoms with Crippen LogP contribution in [0.3, 0.4) is 0 Å². The fourth-order valence-corrected chi connectivity index (χ4v) is 2.51. The summed E-state index contributed by atoms with van der Waals surface area (Å²) in [5.74, 6) is 0.434. The van der Waals surface area contributed by atoms with E-state index in [1.165, 1.54) is 0 Å². The summed E-state index contributed by atoms with van der Waals surface area (Å²) in [6.45, 7) is 4.22. The smallest absolute Gasteiger partial charge is 0.228 e. The van der Waals surface area contributed by atoms with Crippen molar-refractivity contribution in [3.05, 3.63) is 29.8 Å². The van der Waals surface area contributed by atoms with Crippen LogP contribution in [0.15, 0.2) is 24.3 Å². The molecular weight excluding hydrogens is 240 g/mol. The van der Waals surface area contributed by atoms with Crippen LogP contribution in [0.5, 0.6) is 0 Å². The van der Waals surface area contributed by atoms with E-state index in [1.807, 2.05) is 31.3 Å². The van der Waals surface area contributed by atoms with Gasteiger partial charge in [0.25, 0.3) is 0 Å². The normalized spacial score (nSPS) is 20.6. The first-order valence-corrected chi connectivity index (χ1v) is 6.77. The molecule has 0 aliphatic carbocycles. The van der Waals surface area contributed by atoms with Crippen LogP contribution in [-0.2, 0) is 4.79 Å². The summed E-state index contributed by atoms with van der Waals surface area (Å²) in [6, 6.07) is 7.93. The van der Waals surface area contributed by atoms with Crippen molar-refractivity contribution in [3.63, 3.8) is 0 Å². The monoisotopic (exact) mass is 262 g/mol. The minimum atomic E-state index is -0.0144. The number of fused-ring (bicyclic) bond motifs is 1. The first kappa shape index (κ1) is 14.0. The summed E-state index contributed by atoms with van der Waals surface area (Å²) >= 11 is 0. The molecule has 4 heteroatoms. The number of carbonyl (C=O) groups is 1. The lowest BCUT2D eigenvalue weighted by Crippen LogP contribution is -2.44. The summed E-state index contributed by atoms with van der Waals surface area (Å²) in [5, 5.41) is 12.8. The lowest BCUT2D eigenvalue weighted by Gasteiger charge is -2.35. The largest absolute Gasteiger partial charge is 0.395 e. The molecule has 2 unspecified atom stereocenters. The van der Waals surface area contributed by atoms with Gasteiger partial charge < -0.3 is 15.3 Å². The lowest BCUT2D eigenvalue weighted by atomic mass is 9.94. The topological polar surface area (TPSA) is 52.6 Å². The highest BCUT2D eigenvalue weighted by Gasteiger charge is 2.30. The van der Waals surface area contributed by atoms with Crippen molar-refractivity contribution in [2.24, 2.45) is 5.92 Å². The standard InChI is InChI=1S/C15H22N2O2/c1-10(2)13(9-18)16-12-8-15(19)17(3)14-7-5-4-6-11(12)14/h4-7,10,12-13,16,18H,8-9H2,1-3H3. The first-order chi connectivity index (χ1) is 9.04. The summed E-state index contributed by atoms with van der Waals surface area (Å²) in [5.41, 5.74) is 2.08. The van der Waals surface area contributed by atoms with Crippen molar-refractivity contribution in [1.29, 1.82) is 0 Å². The quantitative estimate of drug-likeness (QED) is 0.868. The molecule has 0 spiro atoms. The summed E-state index contributed by atoms with van der Waals surface area (Å²) < 4.78 is 0. The van der Waals surface area contributed by atoms with E-state index < -0.39 is 0 Å². The van der Waals surface area contributed by atoms with Crippen molar-refractivity contribution in [3.8, 4) is 0 Å². The fourth-order valence-electron chi connectivity index (χ4n) is 2.51. The molecule has 2 atom stereocenters. The molecule has 1 aliphatic heterocycles. The Kier molecular flexibility index (Phi) is 4.22. The molecule has 1 heterocycles. The third-order valence-electron chi connectivity index (χ3n) is 3.84. The van der Waals surface area contributed by atoms with Gasteiger partial charge in [-0.15, -0.1) is 0 Å². The number of nitrogens with one attached hydrogen (secondary N) is 1. The van der Waals surface area contributed by atoms with Gasteiger partial charge in [-0.2, -0.15) is 0 Å². The SMILES string of the molecule is CC(C)C(CO)NC1CC(=O)N(C)c2ccccc21. The van der Waals surface area contributed by atoms with Crippen LogP contribution in [-0.4, -0.2) is 30.7 Å². The molecule has 1 aliphatic rings. The number of anilines is 1. The number of rotatable bonds is 4. The Hall–Kier alpha value is -1.39. The molecule has 2 N–H and O–H groups in total. The predicted octanol–water partition coefficient (Wildman–Crippen LogP) is 1.70. The highest BCUT2D eigenvalue weighted by Crippen LogP contribution is 2.33. The number of aliphatic hydroxyl groups excluding tert-OH is 1. The van der Waals surface area contributed by atoms with Gasteiger partial charge in [0, 0.05) is 31.2 Å². The van der Waals surface area contributed by atoms with Crippen molar-refractivity contribution >= 4 is 11.6 Å². The third-order valence-corrected chi connectivity index (χ3v) is 3.84. The number of hydrogen-bond acceptors (Lipinski definition) is 3. The maximum Gasteiger partial charge on any atom is 0.228 e. The van der Waals surface area contributed by atoms with Gasteiger partial charge in [-0.25, -0.2) is 0 Å². The van der Waals surface area contributed by atoms with E-state index in [9.17, 15) is 9.90 Å². The van der Waals surface area contributed by atoms with Crippen LogP contribution in [0.25, 0.3) is 0 Å². The Morgan fingerprint density at radius 2 is 2.11 bits per heavy atom. The zero-order chi connectivity index (χ0) is 14.0. The van der Waals surface area contributed by atoms with Crippen LogP contribution >= 0.6 is 0 Å². The van der Waals surface area contributed by atoms with E-state index in [0.29, 0.717) is 12.3 Å². The third kappa shape index (κ3) is 2.80. The van der Waals surface area contributed by atoms with Crippen molar-refractivity contribution in [1.82, 2.24) is 5.32 Å². The molecule has 4 nitrogen and oxygen atoms in total. The second-order valence-corrected chi connectivity index (χ2v) is 5.47. The van der Waals surface area contributed by atoms with E-state index in [2.05, 4.69) is 19.2 Å². The van der Waals surface area contributed by atoms with Crippen LogP contribution in [0.4, 0.5) is 5.69 Å². The summed E-state index contributed by atoms with van der Waals surface area (Å²) in [4.78, 5) is 13.7. The Labute approximate surface area is 114 Å². The average Bonchev–Trinajstić information content (AvgIpc) is 2.41. The molecule has 0 saturated heterocycles. The van der Waals surface area contributed by atoms with Gasteiger partial charge in [-0.3, -0.25) is 4.79 Å². The van der Waals surface area contributed by atoms with Crippen molar-refractivity contribution in [2.45, 2.75) is 32.4 Å². The lowest BCUT2D eigenvalue weighted by molar-refractivity contribution is -0.119. The van der Waals surface area contributed by atoms with E-state index in [0.717, 1.165) is 11.3 Å². The van der Waals surface area contributed by atoms with Gasteiger partial charge in [0.05, 0.1) is 6.61 Å². The Morgan fingerprint density at radius 1 is 1.42 bits per heavy atom. The number of aliphatic hydroxyl groups is 1. The summed E-state index contributed by atoms with van der Waals surface area (Å²) in [7, 11) is 1.81. The molecular formula is C15H22N2O2. The molecule has 0 radical (unpaired) electrons. The van der Waals surface area contributed by atoms with E-state index in [1.54, 1.807) is 4.90 Å². The highest BCUT2D eigenvalue weighted by molar-refractivity contribution is 5.96. The van der Waals surface area contributed by atoms with Crippen molar-refractivity contribution < 1.29 is 9.90 Å². The van der Waals surface area contributed by atoms with Gasteiger partial charge in [0.15, 0.2) is 0 Å². The number of para-hydroxylation sites is 1. The van der Waals surface area contributed by atoms with Crippen LogP contribution in [0.2, 0.25) is 0 Å². The first-order valence-electron chi connectivity index (χ1n) is 6.77. The minimum absolute atomic E-state index is 0.00858. The Bertz CT molecular complexity index is 459. The molecule has 19 heavy (non-hydrogen) atoms. The zero-order valence-corrected chi connectivity index (χ0v) is 11.8. The van der Waals surface area contributed by atoms with Crippen LogP contribution in [0, 0.1) is 5.92 Å². The van der Waals surface area contributed by atoms with Gasteiger partial charge >= 0.3 is 0 Å². The maximum atomic E-state index is 12.0. The second-order valence-electron chi connectivity index (χ2n) is 5.47. The zero-order valence-electron chi connectivity index (χ0n) is 11.8. The number of carbonyl (C=O) groups excluding carboxylic acids is 1. The fraction of sp³-hybridized carbons (Fsp3) is 0.533. The minimum Gasteiger partial charge on any atom is -0.395 e. The van der Waals surface area contributed by atoms with Gasteiger partial charge in [0.1, 0.15) is 0 Å². The maximum absolute atomic E-state index is 12.0. The number of amides is 1. The molecule has 0 bridgehead atoms. The number of benzene rings is 1. The highest BCUT2D eigenvalue weighted by atomic mass is 16.3. The van der Waals surface area contributed by atoms with Crippen LogP contribution in [0.1, 0.15) is 31.9 Å². The average molecular weight is 262 g/mol. The molecule has 0 fully saturated rings. The van der Waals surface area contributed by atoms with Crippen LogP contribution < -0.4 is 10.2 Å². The second kappa shape index (κ2) is 5.72. The van der Waals surface area contributed by atoms with E-state index in [-0.39, 0.29) is 24.6 Å². The molecule has 0 saturated carbocycles. The Balaban J connectivity index is 2.27. The number of hydrogen-bond donors (Lipinski definition) is 2.